The number of hydrogen-bond acceptors (Lipinski definition) is 8. The Hall–Kier alpha value is -4.25. The summed E-state index contributed by atoms with van der Waals surface area (Å²) in [6.07, 6.45) is 6.88. The number of Topliss-reactive ketones (excluding diaryl/α,β-unsaturated/α-hetero) is 1. The number of hydrogen-bond donors (Lipinski definition) is 2. The van der Waals surface area contributed by atoms with Crippen LogP contribution in [0.4, 0.5) is 11.5 Å². The molecule has 2 saturated heterocycles. The first-order valence-corrected chi connectivity index (χ1v) is 18.5. The molecule has 2 aromatic heterocycles. The monoisotopic (exact) mass is 683 g/mol. The molecule has 11 nitrogen and oxygen atoms in total. The van der Waals surface area contributed by atoms with E-state index in [-0.39, 0.29) is 24.0 Å². The highest BCUT2D eigenvalue weighted by molar-refractivity contribution is 5.79. The summed E-state index contributed by atoms with van der Waals surface area (Å²) in [7, 11) is 0. The molecule has 5 heterocycles. The quantitative estimate of drug-likeness (QED) is 0.237. The van der Waals surface area contributed by atoms with Crippen molar-refractivity contribution in [1.29, 1.82) is 0 Å². The van der Waals surface area contributed by atoms with Gasteiger partial charge in [-0.25, -0.2) is 9.67 Å². The minimum atomic E-state index is -0.798. The van der Waals surface area contributed by atoms with Gasteiger partial charge in [0, 0.05) is 81.6 Å². The SMILES string of the molecule is CC(=O)CCCC(=O)N1CCN(c2cc(C(CC(=O)O)CN3CCC(CCc4ccc5c(n4)NCCC5)C3)cc(-n3nc(C)cc3C)c2)CC1. The third-order valence-electron chi connectivity index (χ3n) is 10.6. The second-order valence-corrected chi connectivity index (χ2v) is 14.6. The molecule has 3 aliphatic heterocycles. The van der Waals surface area contributed by atoms with E-state index in [0.29, 0.717) is 57.9 Å². The summed E-state index contributed by atoms with van der Waals surface area (Å²) in [6, 6.07) is 12.9. The van der Waals surface area contributed by atoms with Crippen LogP contribution in [0.1, 0.15) is 86.0 Å². The topological polar surface area (TPSA) is 124 Å². The van der Waals surface area contributed by atoms with E-state index in [1.165, 1.54) is 5.56 Å². The summed E-state index contributed by atoms with van der Waals surface area (Å²) in [5.41, 5.74) is 7.36. The van der Waals surface area contributed by atoms with E-state index >= 15 is 0 Å². The molecule has 0 radical (unpaired) electrons. The first-order chi connectivity index (χ1) is 24.1. The lowest BCUT2D eigenvalue weighted by Gasteiger charge is -2.37. The maximum absolute atomic E-state index is 12.8. The van der Waals surface area contributed by atoms with E-state index in [9.17, 15) is 19.5 Å². The van der Waals surface area contributed by atoms with Gasteiger partial charge in [0.25, 0.3) is 0 Å². The lowest BCUT2D eigenvalue weighted by Crippen LogP contribution is -2.48. The van der Waals surface area contributed by atoms with Crippen molar-refractivity contribution in [2.75, 3.05) is 62.6 Å². The number of piperazine rings is 1. The number of nitrogens with zero attached hydrogens (tertiary/aromatic N) is 6. The van der Waals surface area contributed by atoms with Crippen LogP contribution in [0.25, 0.3) is 5.69 Å². The maximum atomic E-state index is 12.8. The van der Waals surface area contributed by atoms with Crippen LogP contribution in [0.2, 0.25) is 0 Å². The molecule has 0 saturated carbocycles. The van der Waals surface area contributed by atoms with Crippen molar-refractivity contribution in [3.8, 4) is 5.69 Å². The van der Waals surface area contributed by atoms with Crippen LogP contribution in [0, 0.1) is 19.8 Å². The normalized spacial score (nSPS) is 18.5. The molecule has 2 fully saturated rings. The van der Waals surface area contributed by atoms with Crippen molar-refractivity contribution < 1.29 is 19.5 Å². The van der Waals surface area contributed by atoms with Gasteiger partial charge >= 0.3 is 5.97 Å². The van der Waals surface area contributed by atoms with Crippen LogP contribution >= 0.6 is 0 Å². The van der Waals surface area contributed by atoms with E-state index in [4.69, 9.17) is 10.1 Å². The van der Waals surface area contributed by atoms with Crippen LogP contribution in [0.5, 0.6) is 0 Å². The average molecular weight is 684 g/mol. The zero-order valence-corrected chi connectivity index (χ0v) is 30.0. The van der Waals surface area contributed by atoms with Gasteiger partial charge in [-0.3, -0.25) is 9.59 Å². The fourth-order valence-electron chi connectivity index (χ4n) is 7.89. The van der Waals surface area contributed by atoms with E-state index in [0.717, 1.165) is 91.6 Å². The van der Waals surface area contributed by atoms with Crippen molar-refractivity contribution in [2.45, 2.75) is 84.5 Å². The standard InChI is InChI=1S/C39H53N7O4/c1-27-20-28(2)46(42-27)36-22-32(21-35(24-36)44-16-18-45(19-17-44)37(48)8-4-6-29(3)47)33(23-38(49)50)26-43-15-13-30(25-43)9-11-34-12-10-31-7-5-14-40-39(31)41-34/h10,12,20-22,24,30,33H,4-9,11,13-19,23,25-26H2,1-3H3,(H,40,41)(H,49,50). The number of benzene rings is 1. The molecule has 11 heteroatoms. The number of rotatable bonds is 14. The molecule has 0 aliphatic carbocycles. The van der Waals surface area contributed by atoms with Gasteiger partial charge in [0.2, 0.25) is 5.91 Å². The van der Waals surface area contributed by atoms with Gasteiger partial charge in [-0.15, -0.1) is 0 Å². The first-order valence-electron chi connectivity index (χ1n) is 18.5. The van der Waals surface area contributed by atoms with Crippen molar-refractivity contribution in [2.24, 2.45) is 5.92 Å². The van der Waals surface area contributed by atoms with Crippen molar-refractivity contribution >= 4 is 29.2 Å². The van der Waals surface area contributed by atoms with E-state index in [2.05, 4.69) is 51.5 Å². The van der Waals surface area contributed by atoms with Crippen LogP contribution < -0.4 is 10.2 Å². The molecule has 268 valence electrons. The summed E-state index contributed by atoms with van der Waals surface area (Å²) >= 11 is 0. The Balaban J connectivity index is 1.15. The number of ketones is 1. The molecular formula is C39H53N7O4. The number of carbonyl (C=O) groups excluding carboxylic acids is 2. The number of nitrogens with one attached hydrogen (secondary N) is 1. The van der Waals surface area contributed by atoms with Gasteiger partial charge in [0.05, 0.1) is 17.8 Å². The van der Waals surface area contributed by atoms with Gasteiger partial charge in [0.15, 0.2) is 0 Å². The predicted molar refractivity (Wildman–Crippen MR) is 195 cm³/mol. The number of anilines is 2. The number of aromatic nitrogens is 3. The average Bonchev–Trinajstić information content (AvgIpc) is 3.70. The van der Waals surface area contributed by atoms with Gasteiger partial charge in [-0.2, -0.15) is 5.10 Å². The van der Waals surface area contributed by atoms with Crippen LogP contribution in [-0.2, 0) is 27.2 Å². The van der Waals surface area contributed by atoms with Gasteiger partial charge in [0.1, 0.15) is 11.6 Å². The Kier molecular flexibility index (Phi) is 11.5. The highest BCUT2D eigenvalue weighted by Crippen LogP contribution is 2.32. The van der Waals surface area contributed by atoms with E-state index in [1.54, 1.807) is 6.92 Å². The highest BCUT2D eigenvalue weighted by atomic mass is 16.4. The Labute approximate surface area is 296 Å². The van der Waals surface area contributed by atoms with E-state index in [1.807, 2.05) is 23.4 Å². The summed E-state index contributed by atoms with van der Waals surface area (Å²) in [5, 5.41) is 18.3. The fraction of sp³-hybridized carbons (Fsp3) is 0.564. The Morgan fingerprint density at radius 3 is 2.54 bits per heavy atom. The number of fused-ring (bicyclic) bond motifs is 1. The summed E-state index contributed by atoms with van der Waals surface area (Å²) < 4.78 is 1.95. The number of pyridine rings is 1. The molecule has 6 rings (SSSR count). The molecule has 3 aliphatic rings. The minimum absolute atomic E-state index is 0.0514. The van der Waals surface area contributed by atoms with Gasteiger partial charge in [-0.05, 0) is 113 Å². The van der Waals surface area contributed by atoms with Crippen molar-refractivity contribution in [3.05, 3.63) is 64.6 Å². The Morgan fingerprint density at radius 1 is 1.00 bits per heavy atom. The number of amides is 1. The Morgan fingerprint density at radius 2 is 1.80 bits per heavy atom. The second kappa shape index (κ2) is 16.2. The first kappa shape index (κ1) is 35.6. The summed E-state index contributed by atoms with van der Waals surface area (Å²) in [6.45, 7) is 11.8. The lowest BCUT2D eigenvalue weighted by molar-refractivity contribution is -0.137. The van der Waals surface area contributed by atoms with Gasteiger partial charge < -0.3 is 29.9 Å². The summed E-state index contributed by atoms with van der Waals surface area (Å²) in [4.78, 5) is 48.0. The zero-order chi connectivity index (χ0) is 35.2. The minimum Gasteiger partial charge on any atom is -0.481 e. The smallest absolute Gasteiger partial charge is 0.304 e. The molecule has 1 amide bonds. The number of likely N-dealkylation sites (tertiary alicyclic amines) is 1. The lowest BCUT2D eigenvalue weighted by atomic mass is 9.93. The van der Waals surface area contributed by atoms with Crippen molar-refractivity contribution in [3.63, 3.8) is 0 Å². The van der Waals surface area contributed by atoms with Crippen LogP contribution in [-0.4, -0.2) is 99.7 Å². The van der Waals surface area contributed by atoms with E-state index < -0.39 is 5.97 Å². The molecule has 2 N–H and O–H groups in total. The van der Waals surface area contributed by atoms with Gasteiger partial charge in [-0.1, -0.05) is 6.07 Å². The number of carbonyl (C=O) groups is 3. The molecule has 3 aromatic rings. The molecule has 2 atom stereocenters. The van der Waals surface area contributed by atoms with Crippen molar-refractivity contribution in [1.82, 2.24) is 24.6 Å². The zero-order valence-electron chi connectivity index (χ0n) is 30.0. The second-order valence-electron chi connectivity index (χ2n) is 14.6. The van der Waals surface area contributed by atoms with Crippen LogP contribution in [0.3, 0.4) is 0 Å². The molecule has 50 heavy (non-hydrogen) atoms. The number of carboxylic acids is 1. The molecular weight excluding hydrogens is 630 g/mol. The number of carboxylic acid groups (broad SMARTS) is 1. The molecule has 0 bridgehead atoms. The molecule has 1 aromatic carbocycles. The maximum Gasteiger partial charge on any atom is 0.304 e. The molecule has 2 unspecified atom stereocenters. The fourth-order valence-corrected chi connectivity index (χ4v) is 7.89. The Bertz CT molecular complexity index is 1680. The third-order valence-corrected chi connectivity index (χ3v) is 10.6. The third kappa shape index (κ3) is 9.10. The highest BCUT2D eigenvalue weighted by Gasteiger charge is 2.28. The molecule has 0 spiro atoms. The number of aryl methyl sites for hydroxylation is 4. The summed E-state index contributed by atoms with van der Waals surface area (Å²) in [5.74, 6) is 0.848. The van der Waals surface area contributed by atoms with Crippen LogP contribution in [0.15, 0.2) is 36.4 Å². The predicted octanol–water partition coefficient (Wildman–Crippen LogP) is 5.16. The number of aliphatic carboxylic acids is 1. The largest absolute Gasteiger partial charge is 0.481 e.